The Morgan fingerprint density at radius 3 is 2.69 bits per heavy atom. The van der Waals surface area contributed by atoms with Crippen molar-refractivity contribution < 1.29 is 23.4 Å². The molecular formula is C25H22F2N4O4. The van der Waals surface area contributed by atoms with Crippen molar-refractivity contribution in [2.75, 3.05) is 13.1 Å². The molecular weight excluding hydrogens is 458 g/mol. The van der Waals surface area contributed by atoms with Crippen molar-refractivity contribution in [2.24, 2.45) is 7.05 Å². The third-order valence-corrected chi connectivity index (χ3v) is 6.37. The number of amides is 1. The molecule has 5 rings (SSSR count). The number of rotatable bonds is 4. The summed E-state index contributed by atoms with van der Waals surface area (Å²) < 4.78 is 35.8. The second-order valence-electron chi connectivity index (χ2n) is 8.40. The number of fused-ring (bicyclic) bond motifs is 3. The van der Waals surface area contributed by atoms with E-state index in [2.05, 4.69) is 9.55 Å². The van der Waals surface area contributed by atoms with Gasteiger partial charge in [0.05, 0.1) is 17.4 Å². The van der Waals surface area contributed by atoms with Gasteiger partial charge in [0.2, 0.25) is 0 Å². The van der Waals surface area contributed by atoms with Crippen LogP contribution in [0.1, 0.15) is 17.0 Å². The summed E-state index contributed by atoms with van der Waals surface area (Å²) >= 11 is 0. The molecule has 0 unspecified atom stereocenters. The fraction of sp³-hybridized carbons (Fsp3) is 0.240. The quantitative estimate of drug-likeness (QED) is 0.482. The lowest BCUT2D eigenvalue weighted by Gasteiger charge is -2.16. The van der Waals surface area contributed by atoms with Gasteiger partial charge in [-0.05, 0) is 30.2 Å². The molecule has 1 aliphatic rings. The Labute approximate surface area is 198 Å². The Morgan fingerprint density at radius 2 is 1.94 bits per heavy atom. The molecule has 0 aliphatic carbocycles. The van der Waals surface area contributed by atoms with E-state index in [0.29, 0.717) is 31.6 Å². The molecule has 1 aliphatic heterocycles. The fourth-order valence-electron chi connectivity index (χ4n) is 4.56. The van der Waals surface area contributed by atoms with Crippen molar-refractivity contribution in [2.45, 2.75) is 19.4 Å². The minimum absolute atomic E-state index is 0.0593. The number of carbonyl (C=O) groups is 1. The number of carboxylic acid groups (broad SMARTS) is 1. The average Bonchev–Trinajstić information content (AvgIpc) is 2.97. The molecule has 4 aromatic rings. The topological polar surface area (TPSA) is 89.6 Å². The zero-order chi connectivity index (χ0) is 24.7. The fourth-order valence-corrected chi connectivity index (χ4v) is 4.56. The molecule has 0 radical (unpaired) electrons. The molecule has 1 aromatic carbocycles. The molecule has 1 amide bonds. The summed E-state index contributed by atoms with van der Waals surface area (Å²) in [5, 5.41) is 10.4. The second-order valence-corrected chi connectivity index (χ2v) is 8.40. The van der Waals surface area contributed by atoms with Gasteiger partial charge in [0, 0.05) is 56.0 Å². The van der Waals surface area contributed by atoms with Gasteiger partial charge in [0.1, 0.15) is 23.9 Å². The van der Waals surface area contributed by atoms with Crippen LogP contribution in [0.4, 0.5) is 13.6 Å². The first kappa shape index (κ1) is 22.6. The molecule has 0 saturated carbocycles. The Bertz CT molecular complexity index is 1510. The summed E-state index contributed by atoms with van der Waals surface area (Å²) in [6, 6.07) is 9.35. The SMILES string of the molecule is Cn1c2c(c3ccc(-n4ccc(OCc5ncc(F)cc5F)cc4=O)cc31)CCN(C(=O)O)CC2. The highest BCUT2D eigenvalue weighted by Crippen LogP contribution is 2.30. The Balaban J connectivity index is 1.40. The maximum Gasteiger partial charge on any atom is 0.407 e. The van der Waals surface area contributed by atoms with Crippen LogP contribution in [0, 0.1) is 11.6 Å². The maximum atomic E-state index is 13.8. The van der Waals surface area contributed by atoms with Crippen LogP contribution < -0.4 is 10.3 Å². The number of halogens is 2. The minimum atomic E-state index is -0.907. The summed E-state index contributed by atoms with van der Waals surface area (Å²) in [7, 11) is 1.95. The largest absolute Gasteiger partial charge is 0.487 e. The maximum absolute atomic E-state index is 13.8. The normalized spacial score (nSPS) is 13.5. The van der Waals surface area contributed by atoms with Crippen molar-refractivity contribution in [3.63, 3.8) is 0 Å². The number of nitrogens with zero attached hydrogens (tertiary/aromatic N) is 4. The van der Waals surface area contributed by atoms with E-state index in [1.165, 1.54) is 15.5 Å². The highest BCUT2D eigenvalue weighted by molar-refractivity contribution is 5.87. The summed E-state index contributed by atoms with van der Waals surface area (Å²) in [5.41, 5.74) is 3.47. The summed E-state index contributed by atoms with van der Waals surface area (Å²) in [6.07, 6.45) is 2.83. The zero-order valence-corrected chi connectivity index (χ0v) is 18.9. The van der Waals surface area contributed by atoms with E-state index in [1.807, 2.05) is 25.2 Å². The lowest BCUT2D eigenvalue weighted by molar-refractivity contribution is 0.147. The van der Waals surface area contributed by atoms with Gasteiger partial charge in [0.25, 0.3) is 5.56 Å². The molecule has 0 fully saturated rings. The molecule has 4 heterocycles. The number of ether oxygens (including phenoxy) is 1. The molecule has 0 bridgehead atoms. The van der Waals surface area contributed by atoms with E-state index in [-0.39, 0.29) is 23.6 Å². The number of hydrogen-bond donors (Lipinski definition) is 1. The van der Waals surface area contributed by atoms with Crippen molar-refractivity contribution >= 4 is 17.0 Å². The first-order valence-electron chi connectivity index (χ1n) is 11.1. The molecule has 180 valence electrons. The zero-order valence-electron chi connectivity index (χ0n) is 18.9. The van der Waals surface area contributed by atoms with Crippen molar-refractivity contribution in [1.82, 2.24) is 19.0 Å². The number of aromatic nitrogens is 3. The van der Waals surface area contributed by atoms with Gasteiger partial charge in [-0.3, -0.25) is 14.3 Å². The first-order chi connectivity index (χ1) is 16.8. The van der Waals surface area contributed by atoms with E-state index >= 15 is 0 Å². The third kappa shape index (κ3) is 4.23. The van der Waals surface area contributed by atoms with Gasteiger partial charge in [-0.25, -0.2) is 13.6 Å². The van der Waals surface area contributed by atoms with Crippen LogP contribution in [-0.2, 0) is 26.5 Å². The van der Waals surface area contributed by atoms with Crippen LogP contribution in [0.2, 0.25) is 0 Å². The van der Waals surface area contributed by atoms with E-state index in [0.717, 1.165) is 34.4 Å². The van der Waals surface area contributed by atoms with Crippen LogP contribution in [0.3, 0.4) is 0 Å². The lowest BCUT2D eigenvalue weighted by atomic mass is 10.1. The molecule has 8 nitrogen and oxygen atoms in total. The van der Waals surface area contributed by atoms with Gasteiger partial charge < -0.3 is 19.3 Å². The molecule has 0 atom stereocenters. The van der Waals surface area contributed by atoms with Crippen molar-refractivity contribution in [1.29, 1.82) is 0 Å². The Kier molecular flexibility index (Phi) is 5.72. The van der Waals surface area contributed by atoms with E-state index < -0.39 is 17.7 Å². The highest BCUT2D eigenvalue weighted by atomic mass is 19.1. The monoisotopic (exact) mass is 480 g/mol. The van der Waals surface area contributed by atoms with Gasteiger partial charge in [-0.2, -0.15) is 0 Å². The van der Waals surface area contributed by atoms with Gasteiger partial charge >= 0.3 is 6.09 Å². The lowest BCUT2D eigenvalue weighted by Crippen LogP contribution is -2.31. The predicted molar refractivity (Wildman–Crippen MR) is 124 cm³/mol. The molecule has 35 heavy (non-hydrogen) atoms. The minimum Gasteiger partial charge on any atom is -0.487 e. The van der Waals surface area contributed by atoms with Crippen LogP contribution >= 0.6 is 0 Å². The second kappa shape index (κ2) is 8.86. The van der Waals surface area contributed by atoms with E-state index in [4.69, 9.17) is 4.74 Å². The van der Waals surface area contributed by atoms with Gasteiger partial charge in [0.15, 0.2) is 5.82 Å². The molecule has 0 spiro atoms. The Hall–Kier alpha value is -4.21. The van der Waals surface area contributed by atoms with Crippen molar-refractivity contribution in [3.05, 3.63) is 87.7 Å². The highest BCUT2D eigenvalue weighted by Gasteiger charge is 2.23. The summed E-state index contributed by atoms with van der Waals surface area (Å²) in [5.74, 6) is -1.35. The number of pyridine rings is 2. The van der Waals surface area contributed by atoms with E-state index in [1.54, 1.807) is 12.3 Å². The molecule has 0 saturated heterocycles. The number of aryl methyl sites for hydroxylation is 1. The Morgan fingerprint density at radius 1 is 1.14 bits per heavy atom. The molecule has 1 N–H and O–H groups in total. The first-order valence-corrected chi connectivity index (χ1v) is 11.1. The van der Waals surface area contributed by atoms with Crippen LogP contribution in [0.25, 0.3) is 16.6 Å². The van der Waals surface area contributed by atoms with Crippen LogP contribution in [0.15, 0.2) is 53.6 Å². The van der Waals surface area contributed by atoms with Crippen molar-refractivity contribution in [3.8, 4) is 11.4 Å². The summed E-state index contributed by atoms with van der Waals surface area (Å²) in [6.45, 7) is 0.648. The smallest absolute Gasteiger partial charge is 0.407 e. The van der Waals surface area contributed by atoms with Crippen LogP contribution in [0.5, 0.6) is 5.75 Å². The molecule has 10 heteroatoms. The van der Waals surface area contributed by atoms with E-state index in [9.17, 15) is 23.5 Å². The average molecular weight is 480 g/mol. The molecule has 3 aromatic heterocycles. The van der Waals surface area contributed by atoms with Gasteiger partial charge in [-0.15, -0.1) is 0 Å². The third-order valence-electron chi connectivity index (χ3n) is 6.37. The van der Waals surface area contributed by atoms with Gasteiger partial charge in [-0.1, -0.05) is 6.07 Å². The van der Waals surface area contributed by atoms with Crippen LogP contribution in [-0.4, -0.2) is 43.3 Å². The summed E-state index contributed by atoms with van der Waals surface area (Å²) in [4.78, 5) is 29.3. The number of hydrogen-bond acceptors (Lipinski definition) is 4. The number of benzene rings is 1. The predicted octanol–water partition coefficient (Wildman–Crippen LogP) is 3.66. The standard InChI is InChI=1S/C25H22F2N4O4/c1-29-22-6-8-30(25(33)34)7-5-19(22)18-3-2-16(11-23(18)29)31-9-4-17(12-24(31)32)35-14-21-20(27)10-15(26)13-28-21/h2-4,9-13H,5-8,14H2,1H3,(H,33,34).